The molecule has 0 radical (unpaired) electrons. The van der Waals surface area contributed by atoms with Gasteiger partial charge in [0, 0.05) is 17.5 Å². The van der Waals surface area contributed by atoms with Crippen LogP contribution in [-0.4, -0.2) is 0 Å². The van der Waals surface area contributed by atoms with E-state index in [-0.39, 0.29) is 29.7 Å². The molecule has 0 atom stereocenters. The van der Waals surface area contributed by atoms with E-state index in [0.717, 1.165) is 35.1 Å². The van der Waals surface area contributed by atoms with Gasteiger partial charge >= 0.3 is 26.7 Å². The van der Waals surface area contributed by atoms with E-state index in [2.05, 4.69) is 79.7 Å². The second kappa shape index (κ2) is 8.99. The molecule has 0 amide bonds. The molecule has 6 heteroatoms. The van der Waals surface area contributed by atoms with Gasteiger partial charge in [-0.05, 0) is 45.9 Å². The first-order valence-corrected chi connectivity index (χ1v) is 12.2. The van der Waals surface area contributed by atoms with Gasteiger partial charge in [-0.3, -0.25) is 0 Å². The van der Waals surface area contributed by atoms with E-state index in [1.54, 1.807) is 0 Å². The van der Waals surface area contributed by atoms with Crippen molar-refractivity contribution in [3.05, 3.63) is 57.6 Å². The molecular formula is C25H34LiO4P. The van der Waals surface area contributed by atoms with Gasteiger partial charge in [-0.1, -0.05) is 79.7 Å². The summed E-state index contributed by atoms with van der Waals surface area (Å²) in [6.07, 6.45) is 2.31. The van der Waals surface area contributed by atoms with E-state index >= 15 is 0 Å². The average Bonchev–Trinajstić information content (AvgIpc) is 2.60. The molecule has 0 aliphatic carbocycles. The second-order valence-electron chi connectivity index (χ2n) is 10.3. The van der Waals surface area contributed by atoms with Crippen LogP contribution < -0.4 is 32.8 Å². The Balaban J connectivity index is 0.00000341. The zero-order chi connectivity index (χ0) is 22.5. The maximum absolute atomic E-state index is 13.0. The van der Waals surface area contributed by atoms with Crippen molar-refractivity contribution in [2.75, 3.05) is 0 Å². The summed E-state index contributed by atoms with van der Waals surface area (Å²) in [5, 5.41) is 0. The Morgan fingerprint density at radius 2 is 1.16 bits per heavy atom. The summed E-state index contributed by atoms with van der Waals surface area (Å²) in [7, 11) is -4.61. The molecule has 4 nitrogen and oxygen atoms in total. The molecule has 0 aromatic heterocycles. The molecule has 1 aliphatic rings. The minimum Gasteiger partial charge on any atom is -0.736 e. The summed E-state index contributed by atoms with van der Waals surface area (Å²) >= 11 is 0. The fraction of sp³-hybridized carbons (Fsp3) is 0.520. The first-order chi connectivity index (χ1) is 13.7. The molecule has 0 spiro atoms. The maximum atomic E-state index is 13.0. The first kappa shape index (κ1) is 26.1. The summed E-state index contributed by atoms with van der Waals surface area (Å²) in [6.45, 7) is 16.6. The zero-order valence-electron chi connectivity index (χ0n) is 20.5. The number of aryl methyl sites for hydroxylation is 2. The van der Waals surface area contributed by atoms with Crippen LogP contribution in [0, 0.1) is 0 Å². The largest absolute Gasteiger partial charge is 1.00 e. The van der Waals surface area contributed by atoms with Gasteiger partial charge in [-0.25, -0.2) is 4.57 Å². The van der Waals surface area contributed by atoms with Crippen molar-refractivity contribution in [2.45, 2.75) is 85.5 Å². The molecule has 2 aromatic carbocycles. The molecule has 31 heavy (non-hydrogen) atoms. The van der Waals surface area contributed by atoms with Crippen molar-refractivity contribution in [1.29, 1.82) is 0 Å². The average molecular weight is 436 g/mol. The standard InChI is InChI=1S/C25H35O4P.Li/c1-9-16-11-18-15-19-12-17(10-2)14-21(25(6,7)8)23(19)29-30(26,27)28-22(18)20(13-16)24(3,4)5;/h11-14H,9-10,15H2,1-8H3,(H,26,27);/q;+1/p-1. The van der Waals surface area contributed by atoms with Crippen LogP contribution in [0.25, 0.3) is 0 Å². The van der Waals surface area contributed by atoms with E-state index in [1.807, 2.05) is 0 Å². The Hall–Kier alpha value is -1.17. The van der Waals surface area contributed by atoms with Gasteiger partial charge in [-0.2, -0.15) is 0 Å². The molecule has 164 valence electrons. The SMILES string of the molecule is CCc1cc2c(c(C(C)(C)C)c1)OP(=O)([O-])Oc1c(cc(CC)cc1C(C)(C)C)C2.[Li+]. The second-order valence-corrected chi connectivity index (χ2v) is 11.5. The van der Waals surface area contributed by atoms with Crippen LogP contribution in [0.15, 0.2) is 24.3 Å². The van der Waals surface area contributed by atoms with Gasteiger partial charge in [-0.15, -0.1) is 0 Å². The summed E-state index contributed by atoms with van der Waals surface area (Å²) in [5.74, 6) is 0.839. The van der Waals surface area contributed by atoms with Crippen LogP contribution in [0.5, 0.6) is 11.5 Å². The summed E-state index contributed by atoms with van der Waals surface area (Å²) in [5.41, 5.74) is 5.40. The number of phosphoric ester groups is 1. The first-order valence-electron chi connectivity index (χ1n) is 10.8. The van der Waals surface area contributed by atoms with Gasteiger partial charge in [0.05, 0.1) is 0 Å². The Morgan fingerprint density at radius 1 is 0.806 bits per heavy atom. The van der Waals surface area contributed by atoms with E-state index in [1.165, 1.54) is 11.1 Å². The van der Waals surface area contributed by atoms with Crippen LogP contribution in [0.4, 0.5) is 0 Å². The molecule has 0 fully saturated rings. The van der Waals surface area contributed by atoms with Gasteiger partial charge < -0.3 is 13.9 Å². The number of benzene rings is 2. The Bertz CT molecular complexity index is 938. The minimum absolute atomic E-state index is 0. The van der Waals surface area contributed by atoms with Gasteiger partial charge in [0.2, 0.25) is 0 Å². The predicted molar refractivity (Wildman–Crippen MR) is 121 cm³/mol. The molecule has 3 rings (SSSR count). The van der Waals surface area contributed by atoms with E-state index in [9.17, 15) is 9.46 Å². The summed E-state index contributed by atoms with van der Waals surface area (Å²) in [4.78, 5) is 13.0. The third kappa shape index (κ3) is 5.61. The van der Waals surface area contributed by atoms with Gasteiger partial charge in [0.15, 0.2) is 0 Å². The van der Waals surface area contributed by atoms with Crippen LogP contribution >= 0.6 is 7.82 Å². The molecule has 1 aliphatic heterocycles. The smallest absolute Gasteiger partial charge is 0.736 e. The predicted octanol–water partition coefficient (Wildman–Crippen LogP) is 3.24. The Morgan fingerprint density at radius 3 is 1.45 bits per heavy atom. The minimum atomic E-state index is -4.61. The number of hydrogen-bond acceptors (Lipinski definition) is 4. The fourth-order valence-electron chi connectivity index (χ4n) is 3.96. The van der Waals surface area contributed by atoms with Crippen molar-refractivity contribution in [3.8, 4) is 11.5 Å². The van der Waals surface area contributed by atoms with Crippen LogP contribution in [0.2, 0.25) is 0 Å². The monoisotopic (exact) mass is 436 g/mol. The van der Waals surface area contributed by atoms with E-state index < -0.39 is 7.82 Å². The number of rotatable bonds is 2. The molecule has 1 heterocycles. The maximum Gasteiger partial charge on any atom is 1.00 e. The Labute approximate surface area is 199 Å². The summed E-state index contributed by atoms with van der Waals surface area (Å²) < 4.78 is 24.3. The molecule has 0 saturated carbocycles. The number of phosphoric acid groups is 1. The van der Waals surface area contributed by atoms with Crippen molar-refractivity contribution >= 4 is 7.82 Å². The van der Waals surface area contributed by atoms with Crippen molar-refractivity contribution in [2.24, 2.45) is 0 Å². The quantitative estimate of drug-likeness (QED) is 0.536. The molecule has 0 saturated heterocycles. The van der Waals surface area contributed by atoms with Crippen molar-refractivity contribution in [3.63, 3.8) is 0 Å². The topological polar surface area (TPSA) is 58.6 Å². The normalized spacial score (nSPS) is 15.4. The third-order valence-corrected chi connectivity index (χ3v) is 6.48. The van der Waals surface area contributed by atoms with Crippen molar-refractivity contribution in [1.82, 2.24) is 0 Å². The van der Waals surface area contributed by atoms with E-state index in [0.29, 0.717) is 17.9 Å². The molecule has 0 bridgehead atoms. The zero-order valence-corrected chi connectivity index (χ0v) is 21.4. The molecule has 0 unspecified atom stereocenters. The number of hydrogen-bond donors (Lipinski definition) is 0. The number of fused-ring (bicyclic) bond motifs is 2. The third-order valence-electron chi connectivity index (χ3n) is 5.67. The summed E-state index contributed by atoms with van der Waals surface area (Å²) in [6, 6.07) is 8.28. The Kier molecular flexibility index (Phi) is 7.56. The van der Waals surface area contributed by atoms with Crippen LogP contribution in [0.1, 0.15) is 88.8 Å². The van der Waals surface area contributed by atoms with E-state index in [4.69, 9.17) is 9.05 Å². The molecule has 2 aromatic rings. The van der Waals surface area contributed by atoms with Crippen LogP contribution in [-0.2, 0) is 34.7 Å². The molecular weight excluding hydrogens is 402 g/mol. The van der Waals surface area contributed by atoms with Gasteiger partial charge in [0.25, 0.3) is 0 Å². The van der Waals surface area contributed by atoms with Crippen LogP contribution in [0.3, 0.4) is 0 Å². The fourth-order valence-corrected chi connectivity index (χ4v) is 4.87. The van der Waals surface area contributed by atoms with Crippen molar-refractivity contribution < 1.29 is 37.4 Å². The molecule has 0 N–H and O–H groups in total. The van der Waals surface area contributed by atoms with Gasteiger partial charge in [0.1, 0.15) is 11.5 Å².